The Bertz CT molecular complexity index is 3750. The monoisotopic (exact) mass is 1340 g/mol. The number of fused-ring (bicyclic) bond motifs is 2. The molecule has 0 radical (unpaired) electrons. The molecule has 2 unspecified atom stereocenters. The maximum atomic E-state index is 15.1. The van der Waals surface area contributed by atoms with Crippen molar-refractivity contribution in [3.8, 4) is 5.75 Å². The average Bonchev–Trinajstić information content (AvgIpc) is 1.77. The fourth-order valence-electron chi connectivity index (χ4n) is 11.9. The number of aromatic amines is 2. The van der Waals surface area contributed by atoms with Gasteiger partial charge in [-0.2, -0.15) is 0 Å². The second kappa shape index (κ2) is 35.5. The van der Waals surface area contributed by atoms with Crippen LogP contribution in [0, 0.1) is 5.92 Å². The number of carbonyl (C=O) groups is 11. The van der Waals surface area contributed by atoms with Gasteiger partial charge in [0.1, 0.15) is 36.2 Å². The normalized spacial score (nSPS) is 16.8. The lowest BCUT2D eigenvalue weighted by atomic mass is 9.96. The molecule has 97 heavy (non-hydrogen) atoms. The van der Waals surface area contributed by atoms with E-state index in [1.165, 1.54) is 35.5 Å². The fraction of sp³-hybridized carbons (Fsp3) is 0.433. The van der Waals surface area contributed by atoms with Crippen LogP contribution < -0.4 is 70.8 Å². The molecule has 2 fully saturated rings. The number of para-hydroxylation sites is 1. The second-order valence-electron chi connectivity index (χ2n) is 24.8. The number of aromatic nitrogens is 3. The van der Waals surface area contributed by atoms with Gasteiger partial charge in [0.2, 0.25) is 58.6 Å². The number of nitrogens with zero attached hydrogens (tertiary/aromatic N) is 2. The van der Waals surface area contributed by atoms with Crippen LogP contribution in [0.3, 0.4) is 0 Å². The molecule has 30 nitrogen and oxygen atoms in total. The summed E-state index contributed by atoms with van der Waals surface area (Å²) in [7, 11) is 0. The number of nitrogens with two attached hydrogens (primary N) is 3. The zero-order chi connectivity index (χ0) is 69.7. The Labute approximate surface area is 559 Å². The van der Waals surface area contributed by atoms with Gasteiger partial charge in [-0.15, -0.1) is 0 Å². The van der Waals surface area contributed by atoms with E-state index in [0.717, 1.165) is 21.7 Å². The van der Waals surface area contributed by atoms with Gasteiger partial charge < -0.3 is 63.1 Å². The maximum absolute atomic E-state index is 15.1. The van der Waals surface area contributed by atoms with Crippen LogP contribution in [0.25, 0.3) is 21.7 Å². The highest BCUT2D eigenvalue weighted by molar-refractivity contribution is 6.42. The zero-order valence-electron chi connectivity index (χ0n) is 54.1. The summed E-state index contributed by atoms with van der Waals surface area (Å²) in [5, 5.41) is 42.8. The van der Waals surface area contributed by atoms with Crippen molar-refractivity contribution in [3.63, 3.8) is 0 Å². The van der Waals surface area contributed by atoms with Gasteiger partial charge in [-0.05, 0) is 116 Å². The van der Waals surface area contributed by atoms with Crippen molar-refractivity contribution in [2.45, 2.75) is 145 Å². The number of hydrogen-bond donors (Lipinski definition) is 17. The number of aliphatic hydroxyl groups excluding tert-OH is 1. The molecule has 0 spiro atoms. The predicted octanol–water partition coefficient (Wildman–Crippen LogP) is -2.06. The van der Waals surface area contributed by atoms with Crippen molar-refractivity contribution >= 4 is 86.0 Å². The summed E-state index contributed by atoms with van der Waals surface area (Å²) in [4.78, 5) is 166. The topological polar surface area (TPSA) is 474 Å². The van der Waals surface area contributed by atoms with Gasteiger partial charge in [-0.1, -0.05) is 86.6 Å². The number of aromatic hydroxyl groups is 1. The summed E-state index contributed by atoms with van der Waals surface area (Å²) in [6, 6.07) is 13.9. The lowest BCUT2D eigenvalue weighted by molar-refractivity contribution is -0.144. The molecule has 0 aliphatic carbocycles. The first-order valence-corrected chi connectivity index (χ1v) is 32.4. The minimum absolute atomic E-state index is 0.0231. The minimum atomic E-state index is -1.89. The molecule has 4 heterocycles. The quantitative estimate of drug-likeness (QED) is 0.00648. The van der Waals surface area contributed by atoms with E-state index in [-0.39, 0.29) is 101 Å². The van der Waals surface area contributed by atoms with Crippen molar-refractivity contribution in [2.24, 2.45) is 23.2 Å². The summed E-state index contributed by atoms with van der Waals surface area (Å²) in [6.07, 6.45) is 4.33. The summed E-state index contributed by atoms with van der Waals surface area (Å²) < 4.78 is 0. The van der Waals surface area contributed by atoms with Gasteiger partial charge in [0.15, 0.2) is 5.78 Å². The molecule has 0 bridgehead atoms. The van der Waals surface area contributed by atoms with Crippen LogP contribution in [0.2, 0.25) is 0 Å². The number of aliphatic hydroxyl groups is 1. The number of Topliss-reactive ketones (excluding diaryl/α,β-unsaturated/α-hetero) is 5. The number of benzene rings is 4. The van der Waals surface area contributed by atoms with E-state index in [1.54, 1.807) is 38.4 Å². The number of H-pyrrole nitrogens is 2. The number of hydrazine groups is 2. The van der Waals surface area contributed by atoms with Crippen LogP contribution in [0.5, 0.6) is 5.75 Å². The first-order chi connectivity index (χ1) is 46.6. The largest absolute Gasteiger partial charge is 0.508 e. The van der Waals surface area contributed by atoms with Gasteiger partial charge in [0, 0.05) is 42.7 Å². The Morgan fingerprint density at radius 2 is 1.35 bits per heavy atom. The predicted molar refractivity (Wildman–Crippen MR) is 356 cm³/mol. The Morgan fingerprint density at radius 3 is 2.05 bits per heavy atom. The van der Waals surface area contributed by atoms with Crippen molar-refractivity contribution in [2.75, 3.05) is 32.8 Å². The van der Waals surface area contributed by atoms with Crippen LogP contribution in [0.4, 0.5) is 0 Å². The van der Waals surface area contributed by atoms with Crippen LogP contribution in [0.15, 0.2) is 110 Å². The first kappa shape index (κ1) is 73.3. The van der Waals surface area contributed by atoms with Crippen LogP contribution in [-0.2, 0) is 78.4 Å². The van der Waals surface area contributed by atoms with Gasteiger partial charge in [0.05, 0.1) is 61.9 Å². The van der Waals surface area contributed by atoms with E-state index in [1.807, 2.05) is 54.6 Å². The third kappa shape index (κ3) is 20.8. The highest BCUT2D eigenvalue weighted by Gasteiger charge is 2.41. The molecule has 9 atom stereocenters. The summed E-state index contributed by atoms with van der Waals surface area (Å²) in [5.74, 6) is -3.74. The van der Waals surface area contributed by atoms with Gasteiger partial charge in [-0.3, -0.25) is 74.6 Å². The molecule has 20 N–H and O–H groups in total. The molecule has 2 aliphatic rings. The Balaban J connectivity index is 1.04. The molecule has 6 amide bonds. The molecular formula is C67H87N17O13. The Kier molecular flexibility index (Phi) is 26.8. The number of imidazole rings is 1. The number of ketones is 5. The number of likely N-dealkylation sites (tertiary alicyclic amines) is 1. The number of hydrogen-bond acceptors (Lipinski definition) is 22. The summed E-state index contributed by atoms with van der Waals surface area (Å²) in [6.45, 7) is 2.13. The van der Waals surface area contributed by atoms with Gasteiger partial charge in [0.25, 0.3) is 0 Å². The third-order valence-corrected chi connectivity index (χ3v) is 17.1. The van der Waals surface area contributed by atoms with Crippen molar-refractivity contribution in [3.05, 3.63) is 132 Å². The second-order valence-corrected chi connectivity index (χ2v) is 24.8. The van der Waals surface area contributed by atoms with Crippen molar-refractivity contribution in [1.82, 2.24) is 73.3 Å². The summed E-state index contributed by atoms with van der Waals surface area (Å²) >= 11 is 0. The lowest BCUT2D eigenvalue weighted by Gasteiger charge is -2.28. The van der Waals surface area contributed by atoms with Crippen molar-refractivity contribution < 1.29 is 63.0 Å². The maximum Gasteiger partial charge on any atom is 0.243 e. The molecule has 2 saturated heterocycles. The van der Waals surface area contributed by atoms with E-state index < -0.39 is 132 Å². The third-order valence-electron chi connectivity index (χ3n) is 17.1. The molecule has 2 aromatic heterocycles. The van der Waals surface area contributed by atoms with E-state index in [0.29, 0.717) is 28.8 Å². The van der Waals surface area contributed by atoms with E-state index in [2.05, 4.69) is 68.4 Å². The number of phenolic OH excluding ortho intramolecular Hbond substituents is 1. The minimum Gasteiger partial charge on any atom is -0.508 e. The molecule has 2 aliphatic heterocycles. The van der Waals surface area contributed by atoms with Crippen LogP contribution >= 0.6 is 0 Å². The first-order valence-electron chi connectivity index (χ1n) is 32.4. The molecule has 0 saturated carbocycles. The lowest BCUT2D eigenvalue weighted by Crippen LogP contribution is -2.61. The zero-order valence-corrected chi connectivity index (χ0v) is 54.1. The molecular weight excluding hydrogens is 1250 g/mol. The number of phenols is 1. The van der Waals surface area contributed by atoms with Gasteiger partial charge >= 0.3 is 0 Å². The highest BCUT2D eigenvalue weighted by Crippen LogP contribution is 2.23. The van der Waals surface area contributed by atoms with Crippen LogP contribution in [-0.4, -0.2) is 188 Å². The fourth-order valence-corrected chi connectivity index (χ4v) is 11.9. The average molecular weight is 1340 g/mol. The highest BCUT2D eigenvalue weighted by atomic mass is 16.3. The Hall–Kier alpha value is -9.50. The molecule has 6 aromatic rings. The molecule has 518 valence electrons. The van der Waals surface area contributed by atoms with E-state index >= 15 is 4.79 Å². The van der Waals surface area contributed by atoms with Crippen molar-refractivity contribution in [1.29, 1.82) is 0 Å². The van der Waals surface area contributed by atoms with Crippen LogP contribution in [0.1, 0.15) is 81.2 Å². The molecule has 4 aromatic carbocycles. The van der Waals surface area contributed by atoms with E-state index in [4.69, 9.17) is 17.3 Å². The number of amides is 6. The number of nitrogens with one attached hydrogen (secondary N) is 12. The standard InChI is InChI=1S/C67H87N17O13/c1-37(2)25-52(65(96)78-47(13-7-23-72-67(68)69)59(90)62(93)55-14-8-24-84(55)58(89)34-76-70)80-66(97)53(28-39-15-18-40-9-3-4-10-41(40)26-39)83-82-50(27-38-16-19-44(86)20-17-38)60(91)61(92)54(35-85)81-64(95)51(29-42-31-73-46-12-6-5-11-45(42)46)74-33-56(87)49(30-43-32-71-36-75-43)79-63(94)48-21-22-57(88)77-48/h3-6,9-12,15-20,26,31-32,36-37,47-55,67,72-74,76,82-83,85-86H,7-8,13-14,21-25,27-30,33-35,68-70H2,1-2H3,(H,71,75)(H,77,88)(H,78,96)(H,79,94)(H,80,97)(H,81,95)/t47-,48?,49-,50-,51-,52-,53?,54-,55-/m0/s1. The number of carbonyl (C=O) groups excluding carboxylic acids is 11. The van der Waals surface area contributed by atoms with E-state index in [9.17, 15) is 58.2 Å². The molecule has 30 heteroatoms. The Morgan fingerprint density at radius 1 is 0.680 bits per heavy atom. The summed E-state index contributed by atoms with van der Waals surface area (Å²) in [5.41, 5.74) is 22.3. The van der Waals surface area contributed by atoms with Gasteiger partial charge in [-0.25, -0.2) is 15.8 Å². The molecule has 8 rings (SSSR count). The smallest absolute Gasteiger partial charge is 0.243 e. The SMILES string of the molecule is CC(C)C[C@H](NC(=O)C(Cc1ccc2ccccc2c1)NN[C@@H](Cc1ccc(O)cc1)C(=O)C(=O)[C@H](CO)NC(=O)[C@H](Cc1c[nH]c2ccccc12)NCC(=O)[C@H](Cc1c[nH]cn1)NC(=O)C1CCC(=O)N1)C(=O)N[C@@H](CCCNC(N)N)C(=O)C(=O)[C@@H]1CCCN1C(=O)CNN. The number of rotatable bonds is 39.